The largest absolute Gasteiger partial charge is 0.392 e. The first-order valence-corrected chi connectivity index (χ1v) is 6.48. The number of Topliss-reactive ketones (excluding diaryl/α,β-unsaturated/α-hetero) is 1. The molecule has 3 heteroatoms. The highest BCUT2D eigenvalue weighted by atomic mass is 16.5. The molecule has 2 aliphatic carbocycles. The summed E-state index contributed by atoms with van der Waals surface area (Å²) in [6, 6.07) is 0. The molecule has 3 atom stereocenters. The van der Waals surface area contributed by atoms with E-state index in [0.717, 1.165) is 24.8 Å². The Labute approximate surface area is 102 Å². The molecule has 3 nitrogen and oxygen atoms in total. The summed E-state index contributed by atoms with van der Waals surface area (Å²) in [4.78, 5) is 12.1. The van der Waals surface area contributed by atoms with E-state index in [1.807, 2.05) is 0 Å². The molecule has 1 heterocycles. The number of aliphatic hydroxyl groups is 1. The van der Waals surface area contributed by atoms with Crippen LogP contribution in [0.4, 0.5) is 0 Å². The van der Waals surface area contributed by atoms with Gasteiger partial charge >= 0.3 is 0 Å². The summed E-state index contributed by atoms with van der Waals surface area (Å²) < 4.78 is 5.95. The third kappa shape index (κ3) is 1.33. The van der Waals surface area contributed by atoms with Gasteiger partial charge < -0.3 is 9.84 Å². The van der Waals surface area contributed by atoms with Gasteiger partial charge in [-0.15, -0.1) is 0 Å². The van der Waals surface area contributed by atoms with Gasteiger partial charge in [-0.05, 0) is 30.3 Å². The van der Waals surface area contributed by atoms with Crippen molar-refractivity contribution in [1.82, 2.24) is 0 Å². The van der Waals surface area contributed by atoms with E-state index in [2.05, 4.69) is 19.9 Å². The number of allylic oxidation sites excluding steroid dienone is 1. The Morgan fingerprint density at radius 1 is 1.53 bits per heavy atom. The predicted molar refractivity (Wildman–Crippen MR) is 63.5 cm³/mol. The maximum atomic E-state index is 12.1. The van der Waals surface area contributed by atoms with Crippen LogP contribution in [-0.4, -0.2) is 29.7 Å². The van der Waals surface area contributed by atoms with Crippen molar-refractivity contribution in [2.75, 3.05) is 6.61 Å². The van der Waals surface area contributed by atoms with Crippen LogP contribution in [0.15, 0.2) is 11.6 Å². The van der Waals surface area contributed by atoms with Crippen LogP contribution in [0.1, 0.15) is 39.5 Å². The lowest BCUT2D eigenvalue weighted by Crippen LogP contribution is -2.51. The molecule has 0 amide bonds. The summed E-state index contributed by atoms with van der Waals surface area (Å²) in [6.07, 6.45) is 5.22. The molecule has 3 aliphatic rings. The fourth-order valence-corrected chi connectivity index (χ4v) is 3.91. The van der Waals surface area contributed by atoms with Crippen LogP contribution >= 0.6 is 0 Å². The summed E-state index contributed by atoms with van der Waals surface area (Å²) in [5, 5.41) is 9.31. The van der Waals surface area contributed by atoms with E-state index in [4.69, 9.17) is 4.74 Å². The SMILES string of the molecule is CC1(C)CCC(=O)C2OC3C[C@@]21CC=C3CO. The van der Waals surface area contributed by atoms with Crippen molar-refractivity contribution in [2.24, 2.45) is 10.8 Å². The first-order chi connectivity index (χ1) is 8.00. The van der Waals surface area contributed by atoms with Crippen molar-refractivity contribution in [3.8, 4) is 0 Å². The zero-order chi connectivity index (χ0) is 12.3. The minimum atomic E-state index is -0.239. The predicted octanol–water partition coefficient (Wildman–Crippen LogP) is 1.84. The Kier molecular flexibility index (Phi) is 2.30. The number of hydrogen-bond acceptors (Lipinski definition) is 3. The monoisotopic (exact) mass is 236 g/mol. The Morgan fingerprint density at radius 2 is 2.29 bits per heavy atom. The Bertz CT molecular complexity index is 396. The van der Waals surface area contributed by atoms with Crippen LogP contribution in [0, 0.1) is 10.8 Å². The maximum Gasteiger partial charge on any atom is 0.162 e. The van der Waals surface area contributed by atoms with Gasteiger partial charge in [0.15, 0.2) is 5.78 Å². The average molecular weight is 236 g/mol. The molecule has 94 valence electrons. The van der Waals surface area contributed by atoms with Crippen molar-refractivity contribution in [2.45, 2.75) is 51.7 Å². The summed E-state index contributed by atoms with van der Waals surface area (Å²) in [5.74, 6) is 0.263. The second kappa shape index (κ2) is 3.42. The molecular formula is C14H20O3. The highest BCUT2D eigenvalue weighted by Crippen LogP contribution is 2.61. The van der Waals surface area contributed by atoms with Crippen LogP contribution in [0.3, 0.4) is 0 Å². The lowest BCUT2D eigenvalue weighted by Gasteiger charge is -2.50. The molecule has 2 unspecified atom stereocenters. The summed E-state index contributed by atoms with van der Waals surface area (Å²) >= 11 is 0. The highest BCUT2D eigenvalue weighted by molar-refractivity contribution is 5.86. The second-order valence-electron chi connectivity index (χ2n) is 6.36. The molecule has 1 aliphatic heterocycles. The summed E-state index contributed by atoms with van der Waals surface area (Å²) in [6.45, 7) is 4.58. The quantitative estimate of drug-likeness (QED) is 0.707. The number of carbonyl (C=O) groups is 1. The zero-order valence-electron chi connectivity index (χ0n) is 10.5. The van der Waals surface area contributed by atoms with Crippen LogP contribution in [0.5, 0.6) is 0 Å². The second-order valence-corrected chi connectivity index (χ2v) is 6.36. The molecule has 2 bridgehead atoms. The third-order valence-electron chi connectivity index (χ3n) is 5.31. The van der Waals surface area contributed by atoms with Crippen molar-refractivity contribution in [1.29, 1.82) is 0 Å². The molecule has 1 saturated carbocycles. The van der Waals surface area contributed by atoms with Crippen LogP contribution in [0.2, 0.25) is 0 Å². The number of aliphatic hydroxyl groups excluding tert-OH is 1. The number of rotatable bonds is 1. The standard InChI is InChI=1S/C14H20O3/c1-13(2)5-4-10(16)12-14(13)6-3-9(8-15)11(7-14)17-12/h3,11-12,15H,4-8H2,1-2H3/t11?,12?,14-/m0/s1. The lowest BCUT2D eigenvalue weighted by atomic mass is 9.52. The molecule has 0 aromatic carbocycles. The molecule has 3 rings (SSSR count). The molecule has 0 aromatic heterocycles. The number of fused-ring (bicyclic) bond motifs is 1. The first-order valence-electron chi connectivity index (χ1n) is 6.48. The molecule has 1 N–H and O–H groups in total. The van der Waals surface area contributed by atoms with Crippen LogP contribution in [-0.2, 0) is 9.53 Å². The third-order valence-corrected chi connectivity index (χ3v) is 5.31. The minimum Gasteiger partial charge on any atom is -0.392 e. The van der Waals surface area contributed by atoms with Gasteiger partial charge in [0.2, 0.25) is 0 Å². The zero-order valence-corrected chi connectivity index (χ0v) is 10.5. The smallest absolute Gasteiger partial charge is 0.162 e. The normalized spacial score (nSPS) is 43.2. The fourth-order valence-electron chi connectivity index (χ4n) is 3.91. The van der Waals surface area contributed by atoms with Gasteiger partial charge in [0.05, 0.1) is 12.7 Å². The van der Waals surface area contributed by atoms with Gasteiger partial charge in [-0.25, -0.2) is 0 Å². The van der Waals surface area contributed by atoms with Crippen molar-refractivity contribution in [3.63, 3.8) is 0 Å². The Hall–Kier alpha value is -0.670. The van der Waals surface area contributed by atoms with Gasteiger partial charge in [-0.3, -0.25) is 4.79 Å². The lowest BCUT2D eigenvalue weighted by molar-refractivity contribution is -0.146. The van der Waals surface area contributed by atoms with Gasteiger partial charge in [-0.1, -0.05) is 19.9 Å². The summed E-state index contributed by atoms with van der Waals surface area (Å²) in [7, 11) is 0. The molecule has 17 heavy (non-hydrogen) atoms. The van der Waals surface area contributed by atoms with Gasteiger partial charge in [0.1, 0.15) is 6.10 Å². The molecular weight excluding hydrogens is 216 g/mol. The van der Waals surface area contributed by atoms with Gasteiger partial charge in [-0.2, -0.15) is 0 Å². The van der Waals surface area contributed by atoms with Gasteiger partial charge in [0.25, 0.3) is 0 Å². The Balaban J connectivity index is 2.04. The first kappa shape index (κ1) is 11.4. The van der Waals surface area contributed by atoms with Crippen LogP contribution < -0.4 is 0 Å². The van der Waals surface area contributed by atoms with Crippen molar-refractivity contribution < 1.29 is 14.6 Å². The van der Waals surface area contributed by atoms with E-state index >= 15 is 0 Å². The fraction of sp³-hybridized carbons (Fsp3) is 0.786. The Morgan fingerprint density at radius 3 is 3.00 bits per heavy atom. The number of hydrogen-bond donors (Lipinski definition) is 1. The molecule has 2 fully saturated rings. The average Bonchev–Trinajstić information content (AvgIpc) is 2.62. The highest BCUT2D eigenvalue weighted by Gasteiger charge is 2.62. The molecule has 0 radical (unpaired) electrons. The van der Waals surface area contributed by atoms with E-state index in [1.54, 1.807) is 0 Å². The van der Waals surface area contributed by atoms with Crippen molar-refractivity contribution >= 4 is 5.78 Å². The topological polar surface area (TPSA) is 46.5 Å². The maximum absolute atomic E-state index is 12.1. The van der Waals surface area contributed by atoms with Crippen LogP contribution in [0.25, 0.3) is 0 Å². The van der Waals surface area contributed by atoms with E-state index in [9.17, 15) is 9.90 Å². The molecule has 1 spiro atoms. The van der Waals surface area contributed by atoms with Gasteiger partial charge in [0, 0.05) is 11.8 Å². The number of ether oxygens (including phenoxy) is 1. The van der Waals surface area contributed by atoms with Crippen molar-refractivity contribution in [3.05, 3.63) is 11.6 Å². The minimum absolute atomic E-state index is 0.0222. The number of carbonyl (C=O) groups excluding carboxylic acids is 1. The van der Waals surface area contributed by atoms with E-state index < -0.39 is 0 Å². The molecule has 1 saturated heterocycles. The van der Waals surface area contributed by atoms with E-state index in [-0.39, 0.29) is 35.4 Å². The van der Waals surface area contributed by atoms with E-state index in [1.165, 1.54) is 0 Å². The molecule has 0 aromatic rings. The van der Waals surface area contributed by atoms with E-state index in [0.29, 0.717) is 6.42 Å². The summed E-state index contributed by atoms with van der Waals surface area (Å²) in [5.41, 5.74) is 1.09. The number of ketones is 1.